The Labute approximate surface area is 181 Å². The van der Waals surface area contributed by atoms with Crippen LogP contribution in [0.1, 0.15) is 51.0 Å². The average molecular weight is 432 g/mol. The monoisotopic (exact) mass is 431 g/mol. The molecule has 2 aromatic rings. The van der Waals surface area contributed by atoms with Crippen molar-refractivity contribution in [2.75, 3.05) is 13.2 Å². The van der Waals surface area contributed by atoms with Crippen LogP contribution < -0.4 is 9.47 Å². The van der Waals surface area contributed by atoms with E-state index in [-0.39, 0.29) is 18.2 Å². The van der Waals surface area contributed by atoms with Gasteiger partial charge in [-0.2, -0.15) is 0 Å². The average Bonchev–Trinajstić information content (AvgIpc) is 3.21. The molecule has 0 saturated carbocycles. The second-order valence-electron chi connectivity index (χ2n) is 7.57. The predicted octanol–water partition coefficient (Wildman–Crippen LogP) is 5.51. The van der Waals surface area contributed by atoms with Crippen molar-refractivity contribution in [2.45, 2.75) is 51.1 Å². The summed E-state index contributed by atoms with van der Waals surface area (Å²) in [6.45, 7) is 9.65. The fourth-order valence-corrected chi connectivity index (χ4v) is 5.21. The summed E-state index contributed by atoms with van der Waals surface area (Å²) in [7, 11) is 0. The molecule has 4 rings (SSSR count). The predicted molar refractivity (Wildman–Crippen MR) is 119 cm³/mol. The van der Waals surface area contributed by atoms with Crippen LogP contribution in [0.4, 0.5) is 0 Å². The summed E-state index contributed by atoms with van der Waals surface area (Å²) in [5.41, 5.74) is 2.03. The first kappa shape index (κ1) is 20.4. The van der Waals surface area contributed by atoms with Gasteiger partial charge in [0.05, 0.1) is 29.5 Å². The van der Waals surface area contributed by atoms with Gasteiger partial charge < -0.3 is 14.4 Å². The number of thioether (sulfide) groups is 1. The van der Waals surface area contributed by atoms with E-state index in [0.29, 0.717) is 28.4 Å². The molecule has 0 unspecified atom stereocenters. The summed E-state index contributed by atoms with van der Waals surface area (Å²) in [5.74, 6) is 1.28. The van der Waals surface area contributed by atoms with E-state index in [1.54, 1.807) is 0 Å². The molecule has 2 aliphatic rings. The molecule has 0 amide bonds. The number of halogens is 1. The maximum absolute atomic E-state index is 6.68. The molecule has 3 heterocycles. The summed E-state index contributed by atoms with van der Waals surface area (Å²) in [6, 6.07) is 9.99. The van der Waals surface area contributed by atoms with E-state index in [0.717, 1.165) is 23.0 Å². The van der Waals surface area contributed by atoms with Crippen molar-refractivity contribution in [2.24, 2.45) is 4.99 Å². The first-order chi connectivity index (χ1) is 14.0. The molecule has 1 aromatic carbocycles. The van der Waals surface area contributed by atoms with Crippen molar-refractivity contribution in [3.8, 4) is 11.5 Å². The second-order valence-corrected chi connectivity index (χ2v) is 9.38. The minimum Gasteiger partial charge on any atom is -0.490 e. The Morgan fingerprint density at radius 3 is 2.83 bits per heavy atom. The van der Waals surface area contributed by atoms with Crippen molar-refractivity contribution in [3.05, 3.63) is 52.8 Å². The fraction of sp³-hybridized carbons (Fsp3) is 0.455. The van der Waals surface area contributed by atoms with Crippen LogP contribution in [0.5, 0.6) is 11.5 Å². The third-order valence-electron chi connectivity index (χ3n) is 4.91. The lowest BCUT2D eigenvalue weighted by molar-refractivity contribution is 0.223. The van der Waals surface area contributed by atoms with Gasteiger partial charge >= 0.3 is 0 Å². The van der Waals surface area contributed by atoms with Crippen LogP contribution in [0.15, 0.2) is 41.5 Å². The number of pyridine rings is 1. The number of benzene rings is 1. The first-order valence-corrected chi connectivity index (χ1v) is 11.3. The summed E-state index contributed by atoms with van der Waals surface area (Å²) in [4.78, 5) is 12.0. The van der Waals surface area contributed by atoms with Crippen LogP contribution >= 0.6 is 23.4 Å². The van der Waals surface area contributed by atoms with E-state index in [2.05, 4.69) is 22.9 Å². The highest BCUT2D eigenvalue weighted by atomic mass is 35.5. The van der Waals surface area contributed by atoms with Crippen molar-refractivity contribution < 1.29 is 9.47 Å². The number of aromatic nitrogens is 1. The Hall–Kier alpha value is -1.92. The molecule has 3 atom stereocenters. The van der Waals surface area contributed by atoms with Gasteiger partial charge in [0, 0.05) is 18.0 Å². The quantitative estimate of drug-likeness (QED) is 0.603. The Morgan fingerprint density at radius 1 is 1.31 bits per heavy atom. The first-order valence-electron chi connectivity index (χ1n) is 10.0. The standard InChI is InChI=1S/C22H26ClN3O2S/c1-5-27-18-11-15(10-16(23)21(18)28-13(2)3)20-19(17-8-6-7-9-24-17)25-22-26(20)12-14(4)29-22/h6-11,13-14,19-20H,5,12H2,1-4H3/t14-,19-,20+/m0/s1. The molecule has 1 fully saturated rings. The highest BCUT2D eigenvalue weighted by Crippen LogP contribution is 2.50. The number of hydrogen-bond donors (Lipinski definition) is 0. The van der Waals surface area contributed by atoms with E-state index in [4.69, 9.17) is 26.1 Å². The summed E-state index contributed by atoms with van der Waals surface area (Å²) >= 11 is 8.50. The molecular weight excluding hydrogens is 406 g/mol. The van der Waals surface area contributed by atoms with Gasteiger partial charge in [-0.3, -0.25) is 9.98 Å². The maximum Gasteiger partial charge on any atom is 0.180 e. The molecule has 2 aliphatic heterocycles. The van der Waals surface area contributed by atoms with Gasteiger partial charge in [-0.1, -0.05) is 36.4 Å². The van der Waals surface area contributed by atoms with Crippen molar-refractivity contribution >= 4 is 28.5 Å². The van der Waals surface area contributed by atoms with Crippen LogP contribution in [-0.2, 0) is 0 Å². The lowest BCUT2D eigenvalue weighted by atomic mass is 9.96. The zero-order chi connectivity index (χ0) is 20.5. The van der Waals surface area contributed by atoms with Gasteiger partial charge in [0.1, 0.15) is 6.04 Å². The third kappa shape index (κ3) is 4.05. The van der Waals surface area contributed by atoms with Crippen molar-refractivity contribution in [1.29, 1.82) is 0 Å². The molecule has 0 bridgehead atoms. The molecule has 29 heavy (non-hydrogen) atoms. The van der Waals surface area contributed by atoms with Crippen LogP contribution in [0, 0.1) is 0 Å². The highest BCUT2D eigenvalue weighted by molar-refractivity contribution is 8.14. The lowest BCUT2D eigenvalue weighted by Crippen LogP contribution is -2.28. The van der Waals surface area contributed by atoms with E-state index in [1.807, 2.05) is 63.0 Å². The third-order valence-corrected chi connectivity index (χ3v) is 6.29. The zero-order valence-electron chi connectivity index (χ0n) is 17.1. The van der Waals surface area contributed by atoms with Crippen LogP contribution in [0.2, 0.25) is 5.02 Å². The maximum atomic E-state index is 6.68. The van der Waals surface area contributed by atoms with Crippen LogP contribution in [0.3, 0.4) is 0 Å². The summed E-state index contributed by atoms with van der Waals surface area (Å²) in [6.07, 6.45) is 1.83. The molecule has 154 valence electrons. The van der Waals surface area contributed by atoms with Gasteiger partial charge in [-0.05, 0) is 50.6 Å². The smallest absolute Gasteiger partial charge is 0.180 e. The largest absolute Gasteiger partial charge is 0.490 e. The van der Waals surface area contributed by atoms with Crippen LogP contribution in [-0.4, -0.2) is 39.6 Å². The topological polar surface area (TPSA) is 47.0 Å². The number of hydrogen-bond acceptors (Lipinski definition) is 6. The van der Waals surface area contributed by atoms with Gasteiger partial charge in [-0.15, -0.1) is 0 Å². The fourth-order valence-electron chi connectivity index (χ4n) is 3.85. The summed E-state index contributed by atoms with van der Waals surface area (Å²) < 4.78 is 11.9. The van der Waals surface area contributed by atoms with E-state index >= 15 is 0 Å². The second kappa shape index (κ2) is 8.44. The van der Waals surface area contributed by atoms with Crippen LogP contribution in [0.25, 0.3) is 0 Å². The Morgan fingerprint density at radius 2 is 2.14 bits per heavy atom. The molecule has 5 nitrogen and oxygen atoms in total. The van der Waals surface area contributed by atoms with Gasteiger partial charge in [0.2, 0.25) is 0 Å². The van der Waals surface area contributed by atoms with Gasteiger partial charge in [0.15, 0.2) is 16.7 Å². The van der Waals surface area contributed by atoms with E-state index in [1.165, 1.54) is 0 Å². The molecule has 1 saturated heterocycles. The SMILES string of the molecule is CCOc1cc([C@@H]2[C@H](c3ccccn3)N=C3S[C@@H](C)CN32)cc(Cl)c1OC(C)C. The molecule has 0 radical (unpaired) electrons. The molecule has 1 aromatic heterocycles. The minimum atomic E-state index is -0.0754. The molecular formula is C22H26ClN3O2S. The zero-order valence-corrected chi connectivity index (χ0v) is 18.7. The normalized spacial score (nSPS) is 23.3. The van der Waals surface area contributed by atoms with E-state index in [9.17, 15) is 0 Å². The Bertz CT molecular complexity index is 906. The lowest BCUT2D eigenvalue weighted by Gasteiger charge is -2.28. The van der Waals surface area contributed by atoms with Gasteiger partial charge in [-0.25, -0.2) is 0 Å². The molecule has 0 aliphatic carbocycles. The number of aliphatic imine (C=N–C) groups is 1. The number of nitrogens with zero attached hydrogens (tertiary/aromatic N) is 3. The summed E-state index contributed by atoms with van der Waals surface area (Å²) in [5, 5.41) is 2.15. The molecule has 7 heteroatoms. The molecule has 0 N–H and O–H groups in total. The highest BCUT2D eigenvalue weighted by Gasteiger charge is 2.44. The van der Waals surface area contributed by atoms with Crippen molar-refractivity contribution in [1.82, 2.24) is 9.88 Å². The number of rotatable bonds is 6. The van der Waals surface area contributed by atoms with Crippen molar-refractivity contribution in [3.63, 3.8) is 0 Å². The number of ether oxygens (including phenoxy) is 2. The number of amidine groups is 1. The Kier molecular flexibility index (Phi) is 5.93. The number of fused-ring (bicyclic) bond motifs is 1. The Balaban J connectivity index is 1.78. The minimum absolute atomic E-state index is 0.0103. The molecule has 0 spiro atoms. The van der Waals surface area contributed by atoms with E-state index < -0.39 is 0 Å². The van der Waals surface area contributed by atoms with Gasteiger partial charge in [0.25, 0.3) is 0 Å².